The van der Waals surface area contributed by atoms with Crippen LogP contribution in [0.15, 0.2) is 0 Å². The molecular formula is C6H13CsO. The first kappa shape index (κ1) is 12.7. The molecule has 8 heavy (non-hydrogen) atoms. The Labute approximate surface area is 111 Å². The van der Waals surface area contributed by atoms with Gasteiger partial charge in [-0.2, -0.15) is 0 Å². The molecule has 0 aliphatic heterocycles. The van der Waals surface area contributed by atoms with Gasteiger partial charge in [-0.3, -0.25) is 0 Å². The minimum atomic E-state index is 0. The number of hydrogen-bond acceptors (Lipinski definition) is 1. The Morgan fingerprint density at radius 3 is 2.12 bits per heavy atom. The average Bonchev–Trinajstić information content (AvgIpc) is 1.69. The number of hydrogen-bond donors (Lipinski definition) is 0. The quantitative estimate of drug-likeness (QED) is 0.512. The van der Waals surface area contributed by atoms with Crippen molar-refractivity contribution in [3.05, 3.63) is 0 Å². The van der Waals surface area contributed by atoms with Crippen LogP contribution in [0.25, 0.3) is 0 Å². The van der Waals surface area contributed by atoms with Gasteiger partial charge in [0.2, 0.25) is 0 Å². The van der Waals surface area contributed by atoms with Gasteiger partial charge in [0.15, 0.2) is 0 Å². The van der Waals surface area contributed by atoms with Crippen LogP contribution >= 0.6 is 0 Å². The second kappa shape index (κ2) is 11.8. The first-order chi connectivity index (χ1) is 3.41. The topological polar surface area (TPSA) is 23.1 Å². The third-order valence-electron chi connectivity index (χ3n) is 0.998. The van der Waals surface area contributed by atoms with Crippen molar-refractivity contribution < 1.29 is 74.0 Å². The molecule has 0 saturated carbocycles. The summed E-state index contributed by atoms with van der Waals surface area (Å²) in [5.41, 5.74) is 0. The Kier molecular flexibility index (Phi) is 18.6. The summed E-state index contributed by atoms with van der Waals surface area (Å²) < 4.78 is 0. The predicted octanol–water partition coefficient (Wildman–Crippen LogP) is -2.07. The molecule has 2 heteroatoms. The second-order valence-electron chi connectivity index (χ2n) is 1.76. The summed E-state index contributed by atoms with van der Waals surface area (Å²) in [6, 6.07) is 0. The van der Waals surface area contributed by atoms with E-state index in [0.29, 0.717) is 0 Å². The van der Waals surface area contributed by atoms with Crippen molar-refractivity contribution >= 4 is 0 Å². The van der Waals surface area contributed by atoms with Crippen molar-refractivity contribution in [2.45, 2.75) is 32.6 Å². The molecule has 0 aromatic heterocycles. The van der Waals surface area contributed by atoms with Gasteiger partial charge in [-0.05, 0) is 0 Å². The maximum absolute atomic E-state index is 9.80. The fourth-order valence-electron chi connectivity index (χ4n) is 0.529. The molecule has 0 aromatic carbocycles. The molecule has 0 spiro atoms. The van der Waals surface area contributed by atoms with E-state index in [1.54, 1.807) is 0 Å². The summed E-state index contributed by atoms with van der Waals surface area (Å²) in [5.74, 6) is 0. The minimum absolute atomic E-state index is 0. The molecule has 0 saturated heterocycles. The molecule has 0 radical (unpaired) electrons. The molecule has 0 fully saturated rings. The zero-order chi connectivity index (χ0) is 5.54. The van der Waals surface area contributed by atoms with Crippen molar-refractivity contribution in [2.24, 2.45) is 0 Å². The van der Waals surface area contributed by atoms with E-state index in [2.05, 4.69) is 6.92 Å². The summed E-state index contributed by atoms with van der Waals surface area (Å²) >= 11 is 0. The van der Waals surface area contributed by atoms with Crippen LogP contribution in [-0.2, 0) is 0 Å². The van der Waals surface area contributed by atoms with Gasteiger partial charge in [-0.25, -0.2) is 0 Å². The van der Waals surface area contributed by atoms with Crippen molar-refractivity contribution in [1.82, 2.24) is 0 Å². The molecule has 0 aliphatic rings. The second-order valence-corrected chi connectivity index (χ2v) is 1.76. The van der Waals surface area contributed by atoms with Gasteiger partial charge in [0.25, 0.3) is 0 Å². The molecule has 0 unspecified atom stereocenters. The zero-order valence-electron chi connectivity index (χ0n) is 5.94. The van der Waals surface area contributed by atoms with E-state index >= 15 is 0 Å². The zero-order valence-corrected chi connectivity index (χ0v) is 12.2. The van der Waals surface area contributed by atoms with Gasteiger partial charge in [-0.15, -0.1) is 6.61 Å². The third kappa shape index (κ3) is 10.9. The molecule has 0 rings (SSSR count). The van der Waals surface area contributed by atoms with E-state index in [-0.39, 0.29) is 75.5 Å². The van der Waals surface area contributed by atoms with Crippen LogP contribution in [0.4, 0.5) is 0 Å². The van der Waals surface area contributed by atoms with E-state index in [1.807, 2.05) is 0 Å². The molecule has 0 heterocycles. The van der Waals surface area contributed by atoms with Crippen LogP contribution < -0.4 is 74.0 Å². The van der Waals surface area contributed by atoms with Crippen molar-refractivity contribution in [3.8, 4) is 0 Å². The number of rotatable bonds is 4. The number of unbranched alkanes of at least 4 members (excludes halogenated alkanes) is 3. The molecule has 0 bridgehead atoms. The van der Waals surface area contributed by atoms with E-state index in [1.165, 1.54) is 12.8 Å². The van der Waals surface area contributed by atoms with Gasteiger partial charge in [0.1, 0.15) is 0 Å². The first-order valence-electron chi connectivity index (χ1n) is 3.00. The summed E-state index contributed by atoms with van der Waals surface area (Å²) in [7, 11) is 0. The van der Waals surface area contributed by atoms with Crippen LogP contribution in [0, 0.1) is 0 Å². The maximum atomic E-state index is 9.80. The molecular weight excluding hydrogens is 221 g/mol. The SMILES string of the molecule is CCCCCC[O-].[Cs+]. The average molecular weight is 234 g/mol. The molecule has 44 valence electrons. The third-order valence-corrected chi connectivity index (χ3v) is 0.998. The minimum Gasteiger partial charge on any atom is -0.854 e. The molecule has 0 N–H and O–H groups in total. The Hall–Kier alpha value is 2.01. The van der Waals surface area contributed by atoms with Crippen LogP contribution in [-0.4, -0.2) is 6.61 Å². The first-order valence-corrected chi connectivity index (χ1v) is 3.00. The Balaban J connectivity index is 0. The van der Waals surface area contributed by atoms with E-state index in [0.717, 1.165) is 12.8 Å². The van der Waals surface area contributed by atoms with Gasteiger partial charge in [-0.1, -0.05) is 32.6 Å². The fourth-order valence-corrected chi connectivity index (χ4v) is 0.529. The maximum Gasteiger partial charge on any atom is 1.00 e. The van der Waals surface area contributed by atoms with Crippen LogP contribution in [0.1, 0.15) is 32.6 Å². The Bertz CT molecular complexity index is 27.7. The summed E-state index contributed by atoms with van der Waals surface area (Å²) in [4.78, 5) is 0. The van der Waals surface area contributed by atoms with Crippen LogP contribution in [0.5, 0.6) is 0 Å². The van der Waals surface area contributed by atoms with E-state index in [4.69, 9.17) is 0 Å². The molecule has 0 aliphatic carbocycles. The smallest absolute Gasteiger partial charge is 0.854 e. The molecule has 0 atom stereocenters. The predicted molar refractivity (Wildman–Crippen MR) is 29.0 cm³/mol. The van der Waals surface area contributed by atoms with Gasteiger partial charge in [0, 0.05) is 0 Å². The Morgan fingerprint density at radius 2 is 1.75 bits per heavy atom. The van der Waals surface area contributed by atoms with Gasteiger partial charge >= 0.3 is 68.9 Å². The molecule has 0 aromatic rings. The summed E-state index contributed by atoms with van der Waals surface area (Å²) in [5, 5.41) is 9.80. The largest absolute Gasteiger partial charge is 1.00 e. The fraction of sp³-hybridized carbons (Fsp3) is 1.00. The normalized spacial score (nSPS) is 8.25. The Morgan fingerprint density at radius 1 is 1.12 bits per heavy atom. The summed E-state index contributed by atoms with van der Waals surface area (Å²) in [6.07, 6.45) is 4.44. The van der Waals surface area contributed by atoms with Gasteiger partial charge in [0.05, 0.1) is 0 Å². The van der Waals surface area contributed by atoms with Crippen molar-refractivity contribution in [1.29, 1.82) is 0 Å². The van der Waals surface area contributed by atoms with Crippen LogP contribution in [0.3, 0.4) is 0 Å². The van der Waals surface area contributed by atoms with Crippen LogP contribution in [0.2, 0.25) is 0 Å². The van der Waals surface area contributed by atoms with Gasteiger partial charge < -0.3 is 5.11 Å². The van der Waals surface area contributed by atoms with E-state index < -0.39 is 0 Å². The standard InChI is InChI=1S/C6H13O.Cs/c1-2-3-4-5-6-7;/h2-6H2,1H3;/q-1;+1. The van der Waals surface area contributed by atoms with Crippen molar-refractivity contribution in [2.75, 3.05) is 6.61 Å². The monoisotopic (exact) mass is 234 g/mol. The van der Waals surface area contributed by atoms with Crippen molar-refractivity contribution in [3.63, 3.8) is 0 Å². The molecule has 1 nitrogen and oxygen atoms in total. The summed E-state index contributed by atoms with van der Waals surface area (Å²) in [6.45, 7) is 2.25. The molecule has 0 amide bonds. The van der Waals surface area contributed by atoms with E-state index in [9.17, 15) is 5.11 Å².